The molecule has 3 nitrogen and oxygen atoms in total. The lowest BCUT2D eigenvalue weighted by Gasteiger charge is -2.20. The third kappa shape index (κ3) is 3.87. The lowest BCUT2D eigenvalue weighted by atomic mass is 9.86. The van der Waals surface area contributed by atoms with Crippen LogP contribution in [0.5, 0.6) is 11.5 Å². The molecule has 3 atom stereocenters. The monoisotopic (exact) mass is 335 g/mol. The van der Waals surface area contributed by atoms with E-state index in [0.29, 0.717) is 12.3 Å². The first kappa shape index (κ1) is 16.2. The number of benzene rings is 2. The molecule has 2 aromatic carbocycles. The van der Waals surface area contributed by atoms with Crippen LogP contribution in [0, 0.1) is 24.7 Å². The number of hydrogen-bond donors (Lipinski definition) is 1. The summed E-state index contributed by atoms with van der Waals surface area (Å²) in [6.45, 7) is 2.04. The molecule has 0 aliphatic heterocycles. The number of amides is 1. The maximum absolute atomic E-state index is 12.3. The molecule has 0 aromatic heterocycles. The molecule has 4 rings (SSSR count). The van der Waals surface area contributed by atoms with E-state index >= 15 is 0 Å². The van der Waals surface area contributed by atoms with Crippen molar-refractivity contribution in [3.05, 3.63) is 54.1 Å². The molecule has 2 saturated carbocycles. The molecule has 2 fully saturated rings. The van der Waals surface area contributed by atoms with Crippen LogP contribution in [-0.4, -0.2) is 5.91 Å². The summed E-state index contributed by atoms with van der Waals surface area (Å²) < 4.78 is 5.85. The maximum Gasteiger partial charge on any atom is 0.224 e. The Hall–Kier alpha value is -2.29. The van der Waals surface area contributed by atoms with Gasteiger partial charge >= 0.3 is 0 Å². The molecule has 0 spiro atoms. The highest BCUT2D eigenvalue weighted by atomic mass is 16.5. The minimum atomic E-state index is 0.143. The van der Waals surface area contributed by atoms with Gasteiger partial charge in [-0.25, -0.2) is 0 Å². The maximum atomic E-state index is 12.3. The molecular weight excluding hydrogens is 310 g/mol. The van der Waals surface area contributed by atoms with Gasteiger partial charge in [0.15, 0.2) is 0 Å². The second-order valence-corrected chi connectivity index (χ2v) is 7.63. The fourth-order valence-electron chi connectivity index (χ4n) is 4.50. The van der Waals surface area contributed by atoms with Crippen molar-refractivity contribution in [2.75, 3.05) is 5.32 Å². The zero-order chi connectivity index (χ0) is 17.2. The number of carbonyl (C=O) groups excluding carboxylic acids is 1. The van der Waals surface area contributed by atoms with Gasteiger partial charge in [-0.2, -0.15) is 0 Å². The average molecular weight is 335 g/mol. The summed E-state index contributed by atoms with van der Waals surface area (Å²) in [5.74, 6) is 4.03. The summed E-state index contributed by atoms with van der Waals surface area (Å²) in [5.41, 5.74) is 2.01. The summed E-state index contributed by atoms with van der Waals surface area (Å²) >= 11 is 0. The molecule has 1 N–H and O–H groups in total. The molecule has 0 radical (unpaired) electrons. The molecule has 2 aliphatic rings. The molecule has 130 valence electrons. The molecule has 3 heteroatoms. The topological polar surface area (TPSA) is 38.3 Å². The third-order valence-corrected chi connectivity index (χ3v) is 5.70. The number of aryl methyl sites for hydroxylation is 1. The Morgan fingerprint density at radius 2 is 1.92 bits per heavy atom. The van der Waals surface area contributed by atoms with Gasteiger partial charge in [0.25, 0.3) is 0 Å². The van der Waals surface area contributed by atoms with Gasteiger partial charge in [0.1, 0.15) is 11.5 Å². The lowest BCUT2D eigenvalue weighted by Crippen LogP contribution is -2.20. The van der Waals surface area contributed by atoms with Crippen LogP contribution in [0.25, 0.3) is 0 Å². The van der Waals surface area contributed by atoms with Crippen LogP contribution >= 0.6 is 0 Å². The van der Waals surface area contributed by atoms with E-state index in [1.165, 1.54) is 31.2 Å². The predicted octanol–water partition coefficient (Wildman–Crippen LogP) is 5.55. The lowest BCUT2D eigenvalue weighted by molar-refractivity contribution is -0.117. The summed E-state index contributed by atoms with van der Waals surface area (Å²) in [6.07, 6.45) is 5.98. The second-order valence-electron chi connectivity index (χ2n) is 7.63. The van der Waals surface area contributed by atoms with E-state index in [1.54, 1.807) is 0 Å². The highest BCUT2D eigenvalue weighted by Gasteiger charge is 2.40. The van der Waals surface area contributed by atoms with Crippen molar-refractivity contribution in [1.29, 1.82) is 0 Å². The number of carbonyl (C=O) groups is 1. The van der Waals surface area contributed by atoms with E-state index in [0.717, 1.165) is 29.0 Å². The van der Waals surface area contributed by atoms with Crippen molar-refractivity contribution in [2.24, 2.45) is 17.8 Å². The number of hydrogen-bond acceptors (Lipinski definition) is 2. The minimum Gasteiger partial charge on any atom is -0.457 e. The fraction of sp³-hybridized carbons (Fsp3) is 0.409. The molecule has 25 heavy (non-hydrogen) atoms. The van der Waals surface area contributed by atoms with Crippen LogP contribution in [0.3, 0.4) is 0 Å². The molecule has 0 saturated heterocycles. The molecule has 2 bridgehead atoms. The second kappa shape index (κ2) is 6.91. The van der Waals surface area contributed by atoms with Crippen LogP contribution < -0.4 is 10.1 Å². The van der Waals surface area contributed by atoms with Crippen molar-refractivity contribution in [3.63, 3.8) is 0 Å². The van der Waals surface area contributed by atoms with Gasteiger partial charge in [-0.3, -0.25) is 4.79 Å². The number of nitrogens with one attached hydrogen (secondary N) is 1. The van der Waals surface area contributed by atoms with Crippen molar-refractivity contribution >= 4 is 11.6 Å². The zero-order valence-electron chi connectivity index (χ0n) is 14.7. The Kier molecular flexibility index (Phi) is 4.48. The summed E-state index contributed by atoms with van der Waals surface area (Å²) in [5, 5.41) is 3.03. The standard InChI is InChI=1S/C22H25NO2/c1-15-3-2-4-21(11-15)25-20-9-7-19(8-10-20)23-22(24)14-18-13-16-5-6-17(18)12-16/h2-4,7-11,16-18H,5-6,12-14H2,1H3,(H,23,24)/t16-,17+,18+/m0/s1. The normalized spacial score (nSPS) is 24.3. The Balaban J connectivity index is 1.31. The molecule has 2 aromatic rings. The highest BCUT2D eigenvalue weighted by Crippen LogP contribution is 2.49. The number of rotatable bonds is 5. The van der Waals surface area contributed by atoms with Crippen LogP contribution in [-0.2, 0) is 4.79 Å². The molecule has 1 amide bonds. The van der Waals surface area contributed by atoms with E-state index in [2.05, 4.69) is 5.32 Å². The third-order valence-electron chi connectivity index (χ3n) is 5.70. The highest BCUT2D eigenvalue weighted by molar-refractivity contribution is 5.90. The van der Waals surface area contributed by atoms with Crippen molar-refractivity contribution in [2.45, 2.75) is 39.0 Å². The van der Waals surface area contributed by atoms with Gasteiger partial charge in [0.05, 0.1) is 0 Å². The SMILES string of the molecule is Cc1cccc(Oc2ccc(NC(=O)C[C@H]3C[C@H]4CC[C@@H]3C4)cc2)c1. The number of anilines is 1. The quantitative estimate of drug-likeness (QED) is 0.777. The molecule has 2 aliphatic carbocycles. The number of fused-ring (bicyclic) bond motifs is 2. The van der Waals surface area contributed by atoms with Gasteiger partial charge in [-0.1, -0.05) is 18.6 Å². The van der Waals surface area contributed by atoms with Crippen molar-refractivity contribution in [1.82, 2.24) is 0 Å². The minimum absolute atomic E-state index is 0.143. The van der Waals surface area contributed by atoms with Crippen molar-refractivity contribution < 1.29 is 9.53 Å². The van der Waals surface area contributed by atoms with Crippen LogP contribution in [0.4, 0.5) is 5.69 Å². The summed E-state index contributed by atoms with van der Waals surface area (Å²) in [4.78, 5) is 12.3. The fourth-order valence-corrected chi connectivity index (χ4v) is 4.50. The van der Waals surface area contributed by atoms with E-state index < -0.39 is 0 Å². The van der Waals surface area contributed by atoms with Gasteiger partial charge < -0.3 is 10.1 Å². The zero-order valence-corrected chi connectivity index (χ0v) is 14.7. The Bertz CT molecular complexity index is 753. The number of ether oxygens (including phenoxy) is 1. The Labute approximate surface area is 149 Å². The van der Waals surface area contributed by atoms with Gasteiger partial charge in [0, 0.05) is 12.1 Å². The Morgan fingerprint density at radius 3 is 2.60 bits per heavy atom. The van der Waals surface area contributed by atoms with Crippen LogP contribution in [0.2, 0.25) is 0 Å². The van der Waals surface area contributed by atoms with E-state index in [1.807, 2.05) is 55.5 Å². The summed E-state index contributed by atoms with van der Waals surface area (Å²) in [7, 11) is 0. The first-order valence-electron chi connectivity index (χ1n) is 9.30. The Morgan fingerprint density at radius 1 is 1.08 bits per heavy atom. The van der Waals surface area contributed by atoms with Crippen LogP contribution in [0.15, 0.2) is 48.5 Å². The first-order valence-corrected chi connectivity index (χ1v) is 9.30. The predicted molar refractivity (Wildman–Crippen MR) is 99.9 cm³/mol. The van der Waals surface area contributed by atoms with Gasteiger partial charge in [0.2, 0.25) is 5.91 Å². The van der Waals surface area contributed by atoms with Crippen molar-refractivity contribution in [3.8, 4) is 11.5 Å². The van der Waals surface area contributed by atoms with E-state index in [-0.39, 0.29) is 5.91 Å². The summed E-state index contributed by atoms with van der Waals surface area (Å²) in [6, 6.07) is 15.6. The van der Waals surface area contributed by atoms with E-state index in [9.17, 15) is 4.79 Å². The first-order chi connectivity index (χ1) is 12.2. The van der Waals surface area contributed by atoms with Gasteiger partial charge in [-0.05, 0) is 85.9 Å². The largest absolute Gasteiger partial charge is 0.457 e. The smallest absolute Gasteiger partial charge is 0.224 e. The van der Waals surface area contributed by atoms with Gasteiger partial charge in [-0.15, -0.1) is 0 Å². The van der Waals surface area contributed by atoms with E-state index in [4.69, 9.17) is 4.74 Å². The average Bonchev–Trinajstić information content (AvgIpc) is 3.19. The molecule has 0 unspecified atom stereocenters. The molecular formula is C22H25NO2. The molecule has 0 heterocycles. The van der Waals surface area contributed by atoms with Crippen LogP contribution in [0.1, 0.15) is 37.7 Å².